The summed E-state index contributed by atoms with van der Waals surface area (Å²) in [6.45, 7) is 0. The van der Waals surface area contributed by atoms with Crippen LogP contribution in [0, 0.1) is 23.2 Å². The van der Waals surface area contributed by atoms with Gasteiger partial charge in [0.1, 0.15) is 11.3 Å². The maximum Gasteiger partial charge on any atom is 0.573 e. The molecule has 0 radical (unpaired) electrons. The lowest BCUT2D eigenvalue weighted by Crippen LogP contribution is -2.19. The minimum atomic E-state index is -5.01. The summed E-state index contributed by atoms with van der Waals surface area (Å²) in [5.74, 6) is 1.77. The van der Waals surface area contributed by atoms with Crippen LogP contribution in [-0.2, 0) is 0 Å². The first-order chi connectivity index (χ1) is 8.33. The predicted octanol–water partition coefficient (Wildman–Crippen LogP) is 2.16. The summed E-state index contributed by atoms with van der Waals surface area (Å²) in [7, 11) is 0. The van der Waals surface area contributed by atoms with E-state index < -0.39 is 23.6 Å². The van der Waals surface area contributed by atoms with Gasteiger partial charge in [-0.3, -0.25) is 0 Å². The molecular formula is C11H4F3NO3. The zero-order valence-electron chi connectivity index (χ0n) is 8.58. The van der Waals surface area contributed by atoms with Gasteiger partial charge in [-0.25, -0.2) is 4.79 Å². The van der Waals surface area contributed by atoms with Crippen LogP contribution < -0.4 is 4.74 Å². The van der Waals surface area contributed by atoms with Gasteiger partial charge in [0.15, 0.2) is 6.07 Å². The fourth-order valence-electron chi connectivity index (χ4n) is 1.09. The second-order valence-corrected chi connectivity index (χ2v) is 2.93. The molecule has 0 saturated heterocycles. The van der Waals surface area contributed by atoms with Gasteiger partial charge in [0.05, 0.1) is 0 Å². The Labute approximate surface area is 99.2 Å². The quantitative estimate of drug-likeness (QED) is 0.822. The van der Waals surface area contributed by atoms with Gasteiger partial charge in [0.2, 0.25) is 0 Å². The van der Waals surface area contributed by atoms with Crippen molar-refractivity contribution >= 4 is 5.97 Å². The predicted molar refractivity (Wildman–Crippen MR) is 52.6 cm³/mol. The lowest BCUT2D eigenvalue weighted by molar-refractivity contribution is -0.274. The smallest absolute Gasteiger partial charge is 0.478 e. The molecule has 18 heavy (non-hydrogen) atoms. The minimum Gasteiger partial charge on any atom is -0.478 e. The highest BCUT2D eigenvalue weighted by molar-refractivity contribution is 5.91. The summed E-state index contributed by atoms with van der Waals surface area (Å²) in [4.78, 5) is 10.7. The number of rotatable bonds is 2. The first-order valence-corrected chi connectivity index (χ1v) is 4.36. The molecular weight excluding hydrogens is 251 g/mol. The number of benzene rings is 1. The molecule has 0 atom stereocenters. The van der Waals surface area contributed by atoms with E-state index in [0.29, 0.717) is 0 Å². The summed E-state index contributed by atoms with van der Waals surface area (Å²) in [6, 6.07) is 4.39. The van der Waals surface area contributed by atoms with Crippen molar-refractivity contribution in [2.75, 3.05) is 0 Å². The molecule has 0 heterocycles. The molecule has 1 rings (SSSR count). The van der Waals surface area contributed by atoms with E-state index in [1.165, 1.54) is 12.1 Å². The number of nitrogens with zero attached hydrogens (tertiary/aromatic N) is 1. The van der Waals surface area contributed by atoms with Crippen molar-refractivity contribution in [1.82, 2.24) is 0 Å². The Morgan fingerprint density at radius 3 is 2.56 bits per heavy atom. The van der Waals surface area contributed by atoms with E-state index in [-0.39, 0.29) is 5.56 Å². The topological polar surface area (TPSA) is 70.3 Å². The molecule has 1 aromatic carbocycles. The molecule has 92 valence electrons. The van der Waals surface area contributed by atoms with E-state index in [1.807, 2.05) is 5.92 Å². The standard InChI is InChI=1S/C11H4F3NO3/c12-11(13,14)18-9-6-7(2-1-5-15)3-4-8(9)10(16)17/h3-4,6H,(H,16,17). The van der Waals surface area contributed by atoms with E-state index >= 15 is 0 Å². The maximum absolute atomic E-state index is 12.1. The number of carbonyl (C=O) groups is 1. The highest BCUT2D eigenvalue weighted by atomic mass is 19.4. The second kappa shape index (κ2) is 5.11. The van der Waals surface area contributed by atoms with Crippen LogP contribution in [-0.4, -0.2) is 17.4 Å². The number of aromatic carboxylic acids is 1. The van der Waals surface area contributed by atoms with Crippen molar-refractivity contribution < 1.29 is 27.8 Å². The summed E-state index contributed by atoms with van der Waals surface area (Å²) >= 11 is 0. The zero-order valence-corrected chi connectivity index (χ0v) is 8.58. The fourth-order valence-corrected chi connectivity index (χ4v) is 1.09. The molecule has 0 spiro atoms. The molecule has 1 aromatic rings. The lowest BCUT2D eigenvalue weighted by Gasteiger charge is -2.11. The van der Waals surface area contributed by atoms with Crippen LogP contribution in [0.4, 0.5) is 13.2 Å². The number of alkyl halides is 3. The zero-order chi connectivity index (χ0) is 13.8. The number of halogens is 3. The molecule has 0 unspecified atom stereocenters. The average molecular weight is 255 g/mol. The molecule has 0 saturated carbocycles. The number of nitriles is 1. The first kappa shape index (κ1) is 13.4. The van der Waals surface area contributed by atoms with Gasteiger partial charge in [-0.2, -0.15) is 5.26 Å². The molecule has 0 fully saturated rings. The third-order valence-electron chi connectivity index (χ3n) is 1.70. The molecule has 0 aliphatic carbocycles. The normalized spacial score (nSPS) is 9.89. The van der Waals surface area contributed by atoms with Gasteiger partial charge >= 0.3 is 12.3 Å². The summed E-state index contributed by atoms with van der Waals surface area (Å²) in [5, 5.41) is 16.9. The third kappa shape index (κ3) is 3.72. The van der Waals surface area contributed by atoms with Crippen LogP contribution >= 0.6 is 0 Å². The Balaban J connectivity index is 3.25. The second-order valence-electron chi connectivity index (χ2n) is 2.93. The van der Waals surface area contributed by atoms with Crippen molar-refractivity contribution in [1.29, 1.82) is 5.26 Å². The Hall–Kier alpha value is -2.67. The van der Waals surface area contributed by atoms with Crippen LogP contribution in [0.5, 0.6) is 5.75 Å². The van der Waals surface area contributed by atoms with Gasteiger partial charge in [0, 0.05) is 11.5 Å². The number of carboxylic acids is 1. The number of hydrogen-bond acceptors (Lipinski definition) is 3. The molecule has 1 N–H and O–H groups in total. The van der Waals surface area contributed by atoms with Crippen molar-refractivity contribution in [3.63, 3.8) is 0 Å². The van der Waals surface area contributed by atoms with E-state index in [2.05, 4.69) is 10.7 Å². The summed E-state index contributed by atoms with van der Waals surface area (Å²) in [5.41, 5.74) is -0.601. The largest absolute Gasteiger partial charge is 0.573 e. The van der Waals surface area contributed by atoms with Crippen LogP contribution in [0.2, 0.25) is 0 Å². The highest BCUT2D eigenvalue weighted by Crippen LogP contribution is 2.27. The molecule has 0 aliphatic rings. The molecule has 7 heteroatoms. The Morgan fingerprint density at radius 1 is 1.39 bits per heavy atom. The first-order valence-electron chi connectivity index (χ1n) is 4.36. The minimum absolute atomic E-state index is 0.0424. The Bertz CT molecular complexity index is 576. The highest BCUT2D eigenvalue weighted by Gasteiger charge is 2.33. The van der Waals surface area contributed by atoms with E-state index in [4.69, 9.17) is 10.4 Å². The van der Waals surface area contributed by atoms with Crippen LogP contribution in [0.1, 0.15) is 15.9 Å². The van der Waals surface area contributed by atoms with E-state index in [1.54, 1.807) is 0 Å². The fraction of sp³-hybridized carbons (Fsp3) is 0.0909. The van der Waals surface area contributed by atoms with Gasteiger partial charge in [0.25, 0.3) is 0 Å². The van der Waals surface area contributed by atoms with Gasteiger partial charge in [-0.1, -0.05) is 5.92 Å². The van der Waals surface area contributed by atoms with Crippen molar-refractivity contribution in [2.24, 2.45) is 0 Å². The average Bonchev–Trinajstić information content (AvgIpc) is 2.23. The Morgan fingerprint density at radius 2 is 2.06 bits per heavy atom. The maximum atomic E-state index is 12.1. The SMILES string of the molecule is N#CC#Cc1ccc(C(=O)O)c(OC(F)(F)F)c1. The monoisotopic (exact) mass is 255 g/mol. The van der Waals surface area contributed by atoms with E-state index in [0.717, 1.165) is 12.1 Å². The van der Waals surface area contributed by atoms with Crippen molar-refractivity contribution in [3.05, 3.63) is 29.3 Å². The number of ether oxygens (including phenoxy) is 1. The molecule has 0 aromatic heterocycles. The van der Waals surface area contributed by atoms with Crippen LogP contribution in [0.25, 0.3) is 0 Å². The summed E-state index contributed by atoms with van der Waals surface area (Å²) in [6.07, 6.45) is -5.01. The van der Waals surface area contributed by atoms with Gasteiger partial charge < -0.3 is 9.84 Å². The lowest BCUT2D eigenvalue weighted by atomic mass is 10.1. The molecule has 0 aliphatic heterocycles. The van der Waals surface area contributed by atoms with Crippen LogP contribution in [0.15, 0.2) is 18.2 Å². The Kier molecular flexibility index (Phi) is 3.80. The third-order valence-corrected chi connectivity index (χ3v) is 1.70. The number of carboxylic acid groups (broad SMARTS) is 1. The van der Waals surface area contributed by atoms with E-state index in [9.17, 15) is 18.0 Å². The van der Waals surface area contributed by atoms with Crippen molar-refractivity contribution in [3.8, 4) is 23.7 Å². The summed E-state index contributed by atoms with van der Waals surface area (Å²) < 4.78 is 39.8. The molecule has 0 amide bonds. The van der Waals surface area contributed by atoms with Crippen LogP contribution in [0.3, 0.4) is 0 Å². The van der Waals surface area contributed by atoms with Gasteiger partial charge in [-0.05, 0) is 18.2 Å². The molecule has 0 bridgehead atoms. The van der Waals surface area contributed by atoms with Crippen molar-refractivity contribution in [2.45, 2.75) is 6.36 Å². The van der Waals surface area contributed by atoms with Gasteiger partial charge in [-0.15, -0.1) is 13.2 Å². The molecule has 4 nitrogen and oxygen atoms in total. The number of hydrogen-bond donors (Lipinski definition) is 1.